The molecular weight excluding hydrogens is 436 g/mol. The van der Waals surface area contributed by atoms with Crippen LogP contribution in [0.5, 0.6) is 5.75 Å². The number of piperazine rings is 1. The SMILES string of the molecule is CCOc1ccc(/C=C/C(=O)N2CCN(S(=O)(=O)c3cccc4nsnc34)CC2)cc1. The van der Waals surface area contributed by atoms with Crippen LogP contribution in [0.1, 0.15) is 12.5 Å². The topological polar surface area (TPSA) is 92.7 Å². The Hall–Kier alpha value is -2.82. The van der Waals surface area contributed by atoms with Crippen LogP contribution in [0.4, 0.5) is 0 Å². The Morgan fingerprint density at radius 3 is 2.55 bits per heavy atom. The van der Waals surface area contributed by atoms with Crippen molar-refractivity contribution in [2.45, 2.75) is 11.8 Å². The van der Waals surface area contributed by atoms with Gasteiger partial charge in [0, 0.05) is 32.3 Å². The number of aromatic nitrogens is 2. The molecule has 1 saturated heterocycles. The summed E-state index contributed by atoms with van der Waals surface area (Å²) in [6.07, 6.45) is 3.26. The van der Waals surface area contributed by atoms with E-state index in [2.05, 4.69) is 8.75 Å². The second kappa shape index (κ2) is 9.13. The highest BCUT2D eigenvalue weighted by atomic mass is 32.2. The Kier molecular flexibility index (Phi) is 6.30. The highest BCUT2D eigenvalue weighted by molar-refractivity contribution is 7.89. The number of ether oxygens (including phenoxy) is 1. The molecule has 2 heterocycles. The van der Waals surface area contributed by atoms with Crippen molar-refractivity contribution in [3.05, 3.63) is 54.1 Å². The third-order valence-corrected chi connectivity index (χ3v) is 7.50. The fourth-order valence-corrected chi connectivity index (χ4v) is 5.57. The second-order valence-corrected chi connectivity index (χ2v) is 9.39. The Morgan fingerprint density at radius 1 is 1.10 bits per heavy atom. The molecule has 0 bridgehead atoms. The third kappa shape index (κ3) is 4.60. The molecule has 0 aliphatic carbocycles. The molecule has 1 amide bonds. The van der Waals surface area contributed by atoms with Gasteiger partial charge in [-0.15, -0.1) is 0 Å². The van der Waals surface area contributed by atoms with E-state index in [0.29, 0.717) is 30.7 Å². The van der Waals surface area contributed by atoms with Gasteiger partial charge in [0.15, 0.2) is 0 Å². The molecule has 3 aromatic rings. The normalized spacial score (nSPS) is 15.6. The predicted molar refractivity (Wildman–Crippen MR) is 119 cm³/mol. The summed E-state index contributed by atoms with van der Waals surface area (Å²) >= 11 is 0.990. The third-order valence-electron chi connectivity index (χ3n) is 5.03. The molecule has 1 aliphatic rings. The fourth-order valence-electron chi connectivity index (χ4n) is 3.39. The van der Waals surface area contributed by atoms with Crippen molar-refractivity contribution >= 4 is 44.8 Å². The number of sulfonamides is 1. The van der Waals surface area contributed by atoms with Gasteiger partial charge in [-0.3, -0.25) is 4.79 Å². The molecule has 10 heteroatoms. The first kappa shape index (κ1) is 21.4. The number of carbonyl (C=O) groups is 1. The molecular formula is C21H22N4O4S2. The maximum Gasteiger partial charge on any atom is 0.246 e. The van der Waals surface area contributed by atoms with Crippen molar-refractivity contribution in [2.24, 2.45) is 0 Å². The van der Waals surface area contributed by atoms with Crippen LogP contribution in [-0.4, -0.2) is 65.1 Å². The van der Waals surface area contributed by atoms with Gasteiger partial charge in [0.25, 0.3) is 0 Å². The van der Waals surface area contributed by atoms with E-state index in [-0.39, 0.29) is 23.9 Å². The van der Waals surface area contributed by atoms with Gasteiger partial charge in [0.1, 0.15) is 21.7 Å². The fraction of sp³-hybridized carbons (Fsp3) is 0.286. The lowest BCUT2D eigenvalue weighted by Gasteiger charge is -2.33. The summed E-state index contributed by atoms with van der Waals surface area (Å²) in [5.74, 6) is 0.643. The highest BCUT2D eigenvalue weighted by Gasteiger charge is 2.31. The predicted octanol–water partition coefficient (Wildman–Crippen LogP) is 2.64. The molecule has 0 saturated carbocycles. The van der Waals surface area contributed by atoms with E-state index < -0.39 is 10.0 Å². The van der Waals surface area contributed by atoms with Gasteiger partial charge >= 0.3 is 0 Å². The summed E-state index contributed by atoms with van der Waals surface area (Å²) < 4.78 is 41.3. The molecule has 1 aliphatic heterocycles. The van der Waals surface area contributed by atoms with E-state index in [1.54, 1.807) is 29.2 Å². The van der Waals surface area contributed by atoms with Gasteiger partial charge in [-0.2, -0.15) is 13.1 Å². The highest BCUT2D eigenvalue weighted by Crippen LogP contribution is 2.25. The Balaban J connectivity index is 1.39. The van der Waals surface area contributed by atoms with Crippen molar-refractivity contribution in [1.82, 2.24) is 18.0 Å². The van der Waals surface area contributed by atoms with Crippen molar-refractivity contribution in [3.63, 3.8) is 0 Å². The van der Waals surface area contributed by atoms with Gasteiger partial charge in [0.05, 0.1) is 18.3 Å². The van der Waals surface area contributed by atoms with E-state index in [9.17, 15) is 13.2 Å². The lowest BCUT2D eigenvalue weighted by molar-refractivity contribution is -0.127. The average molecular weight is 459 g/mol. The zero-order valence-electron chi connectivity index (χ0n) is 17.0. The molecule has 0 N–H and O–H groups in total. The lowest BCUT2D eigenvalue weighted by atomic mass is 10.2. The van der Waals surface area contributed by atoms with Crippen LogP contribution in [0.2, 0.25) is 0 Å². The number of fused-ring (bicyclic) bond motifs is 1. The first-order valence-electron chi connectivity index (χ1n) is 9.90. The molecule has 2 aromatic carbocycles. The van der Waals surface area contributed by atoms with Crippen LogP contribution < -0.4 is 4.74 Å². The Labute approximate surface area is 185 Å². The van der Waals surface area contributed by atoms with Gasteiger partial charge in [-0.1, -0.05) is 18.2 Å². The number of carbonyl (C=O) groups excluding carboxylic acids is 1. The minimum Gasteiger partial charge on any atom is -0.494 e. The standard InChI is InChI=1S/C21H22N4O4S2/c1-2-29-17-9-6-16(7-10-17)8-11-20(26)24-12-14-25(15-13-24)31(27,28)19-5-3-4-18-21(19)23-30-22-18/h3-11H,2,12-15H2,1H3/b11-8+. The summed E-state index contributed by atoms with van der Waals surface area (Å²) in [6, 6.07) is 12.4. The maximum absolute atomic E-state index is 13.1. The zero-order valence-corrected chi connectivity index (χ0v) is 18.6. The number of hydrogen-bond acceptors (Lipinski definition) is 7. The van der Waals surface area contributed by atoms with Crippen LogP contribution in [-0.2, 0) is 14.8 Å². The number of rotatable bonds is 6. The molecule has 8 nitrogen and oxygen atoms in total. The monoisotopic (exact) mass is 458 g/mol. The molecule has 0 spiro atoms. The summed E-state index contributed by atoms with van der Waals surface area (Å²) in [4.78, 5) is 14.4. The van der Waals surface area contributed by atoms with E-state index in [4.69, 9.17) is 4.74 Å². The van der Waals surface area contributed by atoms with E-state index in [1.165, 1.54) is 10.4 Å². The van der Waals surface area contributed by atoms with Crippen LogP contribution in [0.25, 0.3) is 17.1 Å². The van der Waals surface area contributed by atoms with Crippen molar-refractivity contribution < 1.29 is 17.9 Å². The summed E-state index contributed by atoms with van der Waals surface area (Å²) in [6.45, 7) is 3.66. The van der Waals surface area contributed by atoms with E-state index >= 15 is 0 Å². The minimum atomic E-state index is -3.70. The summed E-state index contributed by atoms with van der Waals surface area (Å²) in [7, 11) is -3.70. The van der Waals surface area contributed by atoms with Gasteiger partial charge in [-0.05, 0) is 42.8 Å². The van der Waals surface area contributed by atoms with E-state index in [1.807, 2.05) is 31.2 Å². The average Bonchev–Trinajstić information content (AvgIpc) is 3.27. The smallest absolute Gasteiger partial charge is 0.246 e. The zero-order chi connectivity index (χ0) is 21.8. The molecule has 1 fully saturated rings. The number of hydrogen-bond donors (Lipinski definition) is 0. The minimum absolute atomic E-state index is 0.142. The second-order valence-electron chi connectivity index (χ2n) is 6.95. The largest absolute Gasteiger partial charge is 0.494 e. The lowest BCUT2D eigenvalue weighted by Crippen LogP contribution is -2.50. The number of benzene rings is 2. The van der Waals surface area contributed by atoms with Crippen molar-refractivity contribution in [1.29, 1.82) is 0 Å². The summed E-state index contributed by atoms with van der Waals surface area (Å²) in [5.41, 5.74) is 1.85. The molecule has 0 unspecified atom stereocenters. The quantitative estimate of drug-likeness (QED) is 0.527. The number of amides is 1. The molecule has 4 rings (SSSR count). The van der Waals surface area contributed by atoms with Crippen LogP contribution in [0.15, 0.2) is 53.4 Å². The van der Waals surface area contributed by atoms with Crippen LogP contribution in [0, 0.1) is 0 Å². The summed E-state index contributed by atoms with van der Waals surface area (Å²) in [5, 5.41) is 0. The van der Waals surface area contributed by atoms with Gasteiger partial charge < -0.3 is 9.64 Å². The first-order valence-corrected chi connectivity index (χ1v) is 12.1. The van der Waals surface area contributed by atoms with Crippen molar-refractivity contribution in [3.8, 4) is 5.75 Å². The van der Waals surface area contributed by atoms with Gasteiger partial charge in [0.2, 0.25) is 15.9 Å². The van der Waals surface area contributed by atoms with Crippen LogP contribution in [0.3, 0.4) is 0 Å². The molecule has 162 valence electrons. The molecule has 31 heavy (non-hydrogen) atoms. The molecule has 0 radical (unpaired) electrons. The Morgan fingerprint density at radius 2 is 1.84 bits per heavy atom. The molecule has 1 aromatic heterocycles. The first-order chi connectivity index (χ1) is 15.0. The van der Waals surface area contributed by atoms with Crippen LogP contribution >= 0.6 is 11.7 Å². The Bertz CT molecular complexity index is 1200. The molecule has 0 atom stereocenters. The van der Waals surface area contributed by atoms with Gasteiger partial charge in [-0.25, -0.2) is 8.42 Å². The van der Waals surface area contributed by atoms with E-state index in [0.717, 1.165) is 23.0 Å². The number of nitrogens with zero attached hydrogens (tertiary/aromatic N) is 4. The van der Waals surface area contributed by atoms with Crippen molar-refractivity contribution in [2.75, 3.05) is 32.8 Å². The maximum atomic E-state index is 13.1.